The topological polar surface area (TPSA) is 103 Å². The van der Waals surface area contributed by atoms with Crippen LogP contribution in [0.5, 0.6) is 0 Å². The Bertz CT molecular complexity index is 1190. The fourth-order valence-electron chi connectivity index (χ4n) is 4.30. The van der Waals surface area contributed by atoms with Crippen LogP contribution in [0.3, 0.4) is 0 Å². The molecule has 1 unspecified atom stereocenters. The number of nitrogens with zero attached hydrogens (tertiary/aromatic N) is 7. The number of likely N-dealkylation sites (N-methyl/N-ethyl adjacent to an activating group) is 1. The smallest absolute Gasteiger partial charge is 0.253 e. The van der Waals surface area contributed by atoms with Gasteiger partial charge in [-0.15, -0.1) is 0 Å². The van der Waals surface area contributed by atoms with Gasteiger partial charge in [0, 0.05) is 55.4 Å². The summed E-state index contributed by atoms with van der Waals surface area (Å²) in [7, 11) is 2.07. The molecular formula is C25H28N8O. The number of hydrogen-bond donors (Lipinski definition) is 1. The average Bonchev–Trinajstić information content (AvgIpc) is 3.59. The Hall–Kier alpha value is -3.77. The molecule has 2 aromatic heterocycles. The van der Waals surface area contributed by atoms with E-state index in [2.05, 4.69) is 38.4 Å². The first-order valence-corrected chi connectivity index (χ1v) is 11.7. The molecule has 2 fully saturated rings. The quantitative estimate of drug-likeness (QED) is 0.582. The number of carbonyl (C=O) groups excluding carboxylic acids is 1. The molecular weight excluding hydrogens is 428 g/mol. The molecule has 9 nitrogen and oxygen atoms in total. The van der Waals surface area contributed by atoms with Crippen molar-refractivity contribution in [3.63, 3.8) is 0 Å². The molecule has 1 amide bonds. The number of nitriles is 1. The van der Waals surface area contributed by atoms with Gasteiger partial charge in [-0.2, -0.15) is 10.4 Å². The lowest BCUT2D eigenvalue weighted by Gasteiger charge is -2.32. The van der Waals surface area contributed by atoms with Gasteiger partial charge in [-0.05, 0) is 56.1 Å². The summed E-state index contributed by atoms with van der Waals surface area (Å²) in [6.45, 7) is 3.31. The molecule has 34 heavy (non-hydrogen) atoms. The minimum Gasteiger partial charge on any atom is -0.336 e. The van der Waals surface area contributed by atoms with Crippen molar-refractivity contribution in [3.05, 3.63) is 54.5 Å². The monoisotopic (exact) mass is 456 g/mol. The SMILES string of the molecule is CN1CCN(C(=O)c2ccc(Nc3nccc(-c4cnn(C(CC#N)C5CC5)c4)n3)cc2)CC1. The Morgan fingerprint density at radius 3 is 2.65 bits per heavy atom. The highest BCUT2D eigenvalue weighted by atomic mass is 16.2. The zero-order valence-electron chi connectivity index (χ0n) is 19.3. The third-order valence-electron chi connectivity index (χ3n) is 6.54. The highest BCUT2D eigenvalue weighted by Crippen LogP contribution is 2.41. The Morgan fingerprint density at radius 1 is 1.18 bits per heavy atom. The van der Waals surface area contributed by atoms with Crippen LogP contribution in [0, 0.1) is 17.2 Å². The second-order valence-electron chi connectivity index (χ2n) is 9.04. The van der Waals surface area contributed by atoms with Gasteiger partial charge in [0.1, 0.15) is 0 Å². The van der Waals surface area contributed by atoms with E-state index in [1.54, 1.807) is 12.4 Å². The summed E-state index contributed by atoms with van der Waals surface area (Å²) < 4.78 is 1.90. The minimum atomic E-state index is 0.0656. The molecule has 2 aliphatic rings. The predicted octanol–water partition coefficient (Wildman–Crippen LogP) is 3.34. The molecule has 1 aliphatic carbocycles. The molecule has 1 aromatic carbocycles. The van der Waals surface area contributed by atoms with E-state index < -0.39 is 0 Å². The Kier molecular flexibility index (Phi) is 6.23. The second kappa shape index (κ2) is 9.61. The lowest BCUT2D eigenvalue weighted by atomic mass is 10.1. The standard InChI is InChI=1S/C25H28N8O/c1-31-12-14-32(15-13-31)24(34)19-4-6-21(7-5-19)29-25-27-11-9-22(30-25)20-16-28-33(17-20)23(8-10-26)18-2-3-18/h4-7,9,11,16-18,23H,2-3,8,12-15H2,1H3,(H,27,29,30). The van der Waals surface area contributed by atoms with E-state index in [-0.39, 0.29) is 11.9 Å². The van der Waals surface area contributed by atoms with Crippen LogP contribution >= 0.6 is 0 Å². The molecule has 0 radical (unpaired) electrons. The van der Waals surface area contributed by atoms with Gasteiger partial charge in [0.2, 0.25) is 5.95 Å². The summed E-state index contributed by atoms with van der Waals surface area (Å²) in [5, 5.41) is 16.9. The van der Waals surface area contributed by atoms with Crippen molar-refractivity contribution < 1.29 is 4.79 Å². The molecule has 1 saturated carbocycles. The Balaban J connectivity index is 1.26. The molecule has 1 aliphatic heterocycles. The summed E-state index contributed by atoms with van der Waals surface area (Å²) in [5.41, 5.74) is 3.14. The van der Waals surface area contributed by atoms with E-state index in [4.69, 9.17) is 5.26 Å². The summed E-state index contributed by atoms with van der Waals surface area (Å²) in [4.78, 5) is 25.9. The number of piperazine rings is 1. The molecule has 0 bridgehead atoms. The third kappa shape index (κ3) is 4.92. The van der Waals surface area contributed by atoms with Crippen molar-refractivity contribution in [2.45, 2.75) is 25.3 Å². The average molecular weight is 457 g/mol. The molecule has 1 atom stereocenters. The van der Waals surface area contributed by atoms with Crippen molar-refractivity contribution in [2.24, 2.45) is 5.92 Å². The molecule has 1 saturated heterocycles. The van der Waals surface area contributed by atoms with Gasteiger partial charge in [0.15, 0.2) is 0 Å². The minimum absolute atomic E-state index is 0.0656. The van der Waals surface area contributed by atoms with Crippen LogP contribution in [0.2, 0.25) is 0 Å². The van der Waals surface area contributed by atoms with Crippen LogP contribution in [0.1, 0.15) is 35.7 Å². The first-order chi connectivity index (χ1) is 16.6. The fourth-order valence-corrected chi connectivity index (χ4v) is 4.30. The van der Waals surface area contributed by atoms with E-state index in [0.717, 1.165) is 56.0 Å². The van der Waals surface area contributed by atoms with Crippen LogP contribution in [0.4, 0.5) is 11.6 Å². The number of hydrogen-bond acceptors (Lipinski definition) is 7. The van der Waals surface area contributed by atoms with Gasteiger partial charge in [0.25, 0.3) is 5.91 Å². The van der Waals surface area contributed by atoms with Crippen LogP contribution < -0.4 is 5.32 Å². The first kappa shape index (κ1) is 22.0. The van der Waals surface area contributed by atoms with Crippen LogP contribution in [-0.2, 0) is 0 Å². The summed E-state index contributed by atoms with van der Waals surface area (Å²) in [5.74, 6) is 1.08. The molecule has 5 rings (SSSR count). The lowest BCUT2D eigenvalue weighted by molar-refractivity contribution is 0.0664. The predicted molar refractivity (Wildman–Crippen MR) is 128 cm³/mol. The van der Waals surface area contributed by atoms with E-state index >= 15 is 0 Å². The zero-order valence-corrected chi connectivity index (χ0v) is 19.3. The van der Waals surface area contributed by atoms with E-state index in [1.165, 1.54) is 0 Å². The first-order valence-electron chi connectivity index (χ1n) is 11.7. The van der Waals surface area contributed by atoms with Crippen LogP contribution in [-0.4, -0.2) is 68.7 Å². The van der Waals surface area contributed by atoms with Gasteiger partial charge >= 0.3 is 0 Å². The van der Waals surface area contributed by atoms with E-state index in [9.17, 15) is 4.79 Å². The van der Waals surface area contributed by atoms with E-state index in [1.807, 2.05) is 46.1 Å². The van der Waals surface area contributed by atoms with Crippen molar-refractivity contribution >= 4 is 17.5 Å². The number of rotatable bonds is 7. The maximum atomic E-state index is 12.8. The Morgan fingerprint density at radius 2 is 1.94 bits per heavy atom. The molecule has 3 aromatic rings. The summed E-state index contributed by atoms with van der Waals surface area (Å²) in [6, 6.07) is 11.7. The maximum Gasteiger partial charge on any atom is 0.253 e. The van der Waals surface area contributed by atoms with Crippen molar-refractivity contribution in [3.8, 4) is 17.3 Å². The van der Waals surface area contributed by atoms with Crippen molar-refractivity contribution in [2.75, 3.05) is 38.5 Å². The lowest BCUT2D eigenvalue weighted by Crippen LogP contribution is -2.47. The van der Waals surface area contributed by atoms with Gasteiger partial charge in [-0.3, -0.25) is 9.48 Å². The highest BCUT2D eigenvalue weighted by molar-refractivity contribution is 5.94. The zero-order chi connectivity index (χ0) is 23.5. The second-order valence-corrected chi connectivity index (χ2v) is 9.04. The molecule has 3 heterocycles. The van der Waals surface area contributed by atoms with Gasteiger partial charge < -0.3 is 15.1 Å². The largest absolute Gasteiger partial charge is 0.336 e. The van der Waals surface area contributed by atoms with Crippen molar-refractivity contribution in [1.82, 2.24) is 29.5 Å². The Labute approximate surface area is 199 Å². The number of nitrogens with one attached hydrogen (secondary N) is 1. The van der Waals surface area contributed by atoms with E-state index in [0.29, 0.717) is 23.9 Å². The normalized spacial score (nSPS) is 17.2. The van der Waals surface area contributed by atoms with Crippen LogP contribution in [0.25, 0.3) is 11.3 Å². The number of aromatic nitrogens is 4. The summed E-state index contributed by atoms with van der Waals surface area (Å²) >= 11 is 0. The third-order valence-corrected chi connectivity index (χ3v) is 6.54. The van der Waals surface area contributed by atoms with Crippen molar-refractivity contribution in [1.29, 1.82) is 5.26 Å². The fraction of sp³-hybridized carbons (Fsp3) is 0.400. The maximum absolute atomic E-state index is 12.8. The molecule has 0 spiro atoms. The van der Waals surface area contributed by atoms with Gasteiger partial charge in [0.05, 0.1) is 30.4 Å². The summed E-state index contributed by atoms with van der Waals surface area (Å²) in [6.07, 6.45) is 8.24. The number of benzene rings is 1. The highest BCUT2D eigenvalue weighted by Gasteiger charge is 2.33. The number of amides is 1. The number of anilines is 2. The van der Waals surface area contributed by atoms with Crippen LogP contribution in [0.15, 0.2) is 48.9 Å². The number of carbonyl (C=O) groups is 1. The molecule has 174 valence electrons. The molecule has 9 heteroatoms. The van der Waals surface area contributed by atoms with Gasteiger partial charge in [-0.1, -0.05) is 0 Å². The molecule has 1 N–H and O–H groups in total. The van der Waals surface area contributed by atoms with Gasteiger partial charge in [-0.25, -0.2) is 9.97 Å².